The normalized spacial score (nSPS) is 21.0. The summed E-state index contributed by atoms with van der Waals surface area (Å²) in [6.07, 6.45) is -4.37. The van der Waals surface area contributed by atoms with Crippen molar-refractivity contribution in [2.24, 2.45) is 17.6 Å². The number of nitrogens with zero attached hydrogens (tertiary/aromatic N) is 2. The number of likely N-dealkylation sites (tertiary alicyclic amines) is 2. The van der Waals surface area contributed by atoms with Crippen LogP contribution in [0.3, 0.4) is 0 Å². The molecular weight excluding hydrogens is 913 g/mol. The molecule has 2 rings (SSSR count). The molecule has 26 nitrogen and oxygen atoms in total. The van der Waals surface area contributed by atoms with Gasteiger partial charge in [-0.25, -0.2) is 4.79 Å². The van der Waals surface area contributed by atoms with E-state index >= 15 is 0 Å². The monoisotopic (exact) mass is 985 g/mol. The zero-order valence-corrected chi connectivity index (χ0v) is 40.5. The third kappa shape index (κ3) is 16.6. The molecule has 0 unspecified atom stereocenters. The number of carboxylic acid groups (broad SMARTS) is 2. The Hall–Kier alpha value is -5.99. The average Bonchev–Trinajstić information content (AvgIpc) is 3.97. The fourth-order valence-corrected chi connectivity index (χ4v) is 7.74. The molecule has 69 heavy (non-hydrogen) atoms. The van der Waals surface area contributed by atoms with Gasteiger partial charge in [0.25, 0.3) is 0 Å². The summed E-state index contributed by atoms with van der Waals surface area (Å²) in [6.45, 7) is 13.1. The first-order valence-electron chi connectivity index (χ1n) is 23.0. The minimum Gasteiger partial charge on any atom is -0.481 e. The number of nitrogens with one attached hydrogen (secondary N) is 7. The van der Waals surface area contributed by atoms with E-state index in [9.17, 15) is 73.2 Å². The van der Waals surface area contributed by atoms with E-state index in [0.717, 1.165) is 11.8 Å². The predicted molar refractivity (Wildman–Crippen MR) is 242 cm³/mol. The minimum absolute atomic E-state index is 0.0573. The number of rotatable bonds is 25. The molecule has 2 aliphatic heterocycles. The smallest absolute Gasteiger partial charge is 0.326 e. The summed E-state index contributed by atoms with van der Waals surface area (Å²) in [6, 6.07) is -14.0. The SMILES string of the molecule is CC[C@H](C)[C@H](NC(=O)[C@@H](NC(=O)[C@@H](NC(=O)[C@@H](NC(=O)[C@H](C)N)C(C)C)[C@@H](C)O)[C@@H](C)O)C(=O)N1CCC[C@H]1C(=O)N[C@@H](C)C(=O)N1CCC[C@H]1C(=O)N[C@H](C(=O)N[C@@H](CC(=O)O)C(=O)O)[C@@H](C)O. The van der Waals surface area contributed by atoms with Gasteiger partial charge in [-0.2, -0.15) is 0 Å². The second-order valence-electron chi connectivity index (χ2n) is 18.2. The average molecular weight is 985 g/mol. The van der Waals surface area contributed by atoms with Gasteiger partial charge < -0.3 is 78.3 Å². The number of hydrogen-bond acceptors (Lipinski definition) is 15. The van der Waals surface area contributed by atoms with E-state index in [1.165, 1.54) is 32.6 Å². The van der Waals surface area contributed by atoms with Crippen LogP contribution in [0, 0.1) is 11.8 Å². The molecule has 0 aromatic rings. The van der Waals surface area contributed by atoms with E-state index in [1.54, 1.807) is 27.7 Å². The number of aliphatic carboxylic acids is 2. The molecule has 2 heterocycles. The van der Waals surface area contributed by atoms with Gasteiger partial charge in [0.2, 0.25) is 53.2 Å². The fraction of sp³-hybridized carbons (Fsp3) is 0.744. The van der Waals surface area contributed by atoms with E-state index in [-0.39, 0.29) is 25.9 Å². The van der Waals surface area contributed by atoms with Crippen molar-refractivity contribution in [3.8, 4) is 0 Å². The Balaban J connectivity index is 2.22. The molecule has 2 saturated heterocycles. The topological polar surface area (TPSA) is 406 Å². The van der Waals surface area contributed by atoms with Crippen LogP contribution < -0.4 is 43.0 Å². The number of nitrogens with two attached hydrogens (primary N) is 1. The molecule has 390 valence electrons. The maximum atomic E-state index is 14.3. The van der Waals surface area contributed by atoms with Crippen molar-refractivity contribution in [1.29, 1.82) is 0 Å². The standard InChI is InChI=1S/C43H72N10O16/c1-10-19(4)30(48-39(64)32(23(8)55)51-40(65)33(24(9)56)50-37(62)29(18(2)3)47-34(59)20(5)44)42(67)53-16-12-13-26(53)35(60)45-21(6)41(66)52-15-11-14-27(52)36(61)49-31(22(7)54)38(63)46-25(43(68)69)17-28(57)58/h18-27,29-33,54-56H,10-17,44H2,1-9H3,(H,45,60)(H,46,63)(H,47,59)(H,48,64)(H,49,61)(H,50,62)(H,51,65)(H,57,58)(H,68,69)/t19-,20-,21-,22+,23+,24+,25-,26-,27-,29-,30-,31-,32-,33-/m0/s1. The van der Waals surface area contributed by atoms with E-state index in [0.29, 0.717) is 19.3 Å². The lowest BCUT2D eigenvalue weighted by molar-refractivity contribution is -0.148. The van der Waals surface area contributed by atoms with Gasteiger partial charge in [0.15, 0.2) is 0 Å². The zero-order valence-electron chi connectivity index (χ0n) is 40.5. The predicted octanol–water partition coefficient (Wildman–Crippen LogP) is -4.87. The molecule has 2 fully saturated rings. The lowest BCUT2D eigenvalue weighted by atomic mass is 9.96. The van der Waals surface area contributed by atoms with E-state index in [2.05, 4.69) is 31.9 Å². The van der Waals surface area contributed by atoms with Gasteiger partial charge in [-0.3, -0.25) is 47.9 Å². The summed E-state index contributed by atoms with van der Waals surface area (Å²) < 4.78 is 0. The zero-order chi connectivity index (χ0) is 52.8. The molecule has 9 amide bonds. The summed E-state index contributed by atoms with van der Waals surface area (Å²) in [5.74, 6) is -12.0. The van der Waals surface area contributed by atoms with Crippen molar-refractivity contribution in [3.63, 3.8) is 0 Å². The number of carbonyl (C=O) groups excluding carboxylic acids is 9. The van der Waals surface area contributed by atoms with Crippen molar-refractivity contribution < 1.29 is 78.3 Å². The van der Waals surface area contributed by atoms with Gasteiger partial charge in [0.1, 0.15) is 54.4 Å². The molecule has 14 atom stereocenters. The van der Waals surface area contributed by atoms with E-state index in [4.69, 9.17) is 10.8 Å². The summed E-state index contributed by atoms with van der Waals surface area (Å²) in [7, 11) is 0. The van der Waals surface area contributed by atoms with Crippen LogP contribution >= 0.6 is 0 Å². The highest BCUT2D eigenvalue weighted by Crippen LogP contribution is 2.23. The van der Waals surface area contributed by atoms with Crippen LogP contribution in [-0.4, -0.2) is 192 Å². The van der Waals surface area contributed by atoms with Crippen LogP contribution in [0.5, 0.6) is 0 Å². The molecule has 0 saturated carbocycles. The first-order chi connectivity index (χ1) is 32.0. The van der Waals surface area contributed by atoms with Gasteiger partial charge in [-0.05, 0) is 72.1 Å². The van der Waals surface area contributed by atoms with E-state index in [1.807, 2.05) is 5.32 Å². The maximum Gasteiger partial charge on any atom is 0.326 e. The highest BCUT2D eigenvalue weighted by Gasteiger charge is 2.44. The number of carbonyl (C=O) groups is 11. The molecule has 26 heteroatoms. The van der Waals surface area contributed by atoms with Crippen LogP contribution in [0.4, 0.5) is 0 Å². The van der Waals surface area contributed by atoms with Crippen molar-refractivity contribution in [2.75, 3.05) is 13.1 Å². The first-order valence-corrected chi connectivity index (χ1v) is 23.0. The highest BCUT2D eigenvalue weighted by atomic mass is 16.4. The number of aliphatic hydroxyl groups excluding tert-OH is 3. The van der Waals surface area contributed by atoms with Crippen molar-refractivity contribution in [2.45, 2.75) is 180 Å². The van der Waals surface area contributed by atoms with Crippen molar-refractivity contribution in [3.05, 3.63) is 0 Å². The van der Waals surface area contributed by atoms with Crippen LogP contribution in [0.15, 0.2) is 0 Å². The lowest BCUT2D eigenvalue weighted by Crippen LogP contribution is -2.64. The third-order valence-electron chi connectivity index (χ3n) is 12.0. The van der Waals surface area contributed by atoms with Gasteiger partial charge in [-0.15, -0.1) is 0 Å². The summed E-state index contributed by atoms with van der Waals surface area (Å²) >= 11 is 0. The van der Waals surface area contributed by atoms with Gasteiger partial charge in [-0.1, -0.05) is 34.1 Å². The molecule has 0 bridgehead atoms. The quantitative estimate of drug-likeness (QED) is 0.0408. The summed E-state index contributed by atoms with van der Waals surface area (Å²) in [5.41, 5.74) is 5.62. The Labute approximate surface area is 400 Å². The van der Waals surface area contributed by atoms with Crippen LogP contribution in [0.25, 0.3) is 0 Å². The number of amides is 9. The molecule has 0 radical (unpaired) electrons. The number of aliphatic hydroxyl groups is 3. The molecule has 0 spiro atoms. The Morgan fingerprint density at radius 2 is 0.928 bits per heavy atom. The second-order valence-corrected chi connectivity index (χ2v) is 18.2. The number of carboxylic acids is 2. The molecule has 2 aliphatic rings. The minimum atomic E-state index is -1.87. The first kappa shape index (κ1) is 59.1. The van der Waals surface area contributed by atoms with Crippen molar-refractivity contribution in [1.82, 2.24) is 47.0 Å². The fourth-order valence-electron chi connectivity index (χ4n) is 7.74. The highest BCUT2D eigenvalue weighted by molar-refractivity contribution is 5.99. The Kier molecular flexibility index (Phi) is 22.9. The second kappa shape index (κ2) is 26.7. The van der Waals surface area contributed by atoms with Gasteiger partial charge in [0.05, 0.1) is 30.8 Å². The van der Waals surface area contributed by atoms with Crippen LogP contribution in [-0.2, 0) is 52.7 Å². The van der Waals surface area contributed by atoms with E-state index < -0.39 is 162 Å². The third-order valence-corrected chi connectivity index (χ3v) is 12.0. The molecule has 14 N–H and O–H groups in total. The van der Waals surface area contributed by atoms with Crippen molar-refractivity contribution >= 4 is 65.1 Å². The molecular formula is C43H72N10O16. The Bertz CT molecular complexity index is 1900. The van der Waals surface area contributed by atoms with Crippen LogP contribution in [0.1, 0.15) is 101 Å². The molecule has 0 aromatic heterocycles. The van der Waals surface area contributed by atoms with Crippen LogP contribution in [0.2, 0.25) is 0 Å². The maximum absolute atomic E-state index is 14.3. The molecule has 0 aliphatic carbocycles. The lowest BCUT2D eigenvalue weighted by Gasteiger charge is -2.34. The Morgan fingerprint density at radius 1 is 0.536 bits per heavy atom. The largest absolute Gasteiger partial charge is 0.481 e. The van der Waals surface area contributed by atoms with Gasteiger partial charge >= 0.3 is 11.9 Å². The number of hydrogen-bond donors (Lipinski definition) is 13. The van der Waals surface area contributed by atoms with Gasteiger partial charge in [0, 0.05) is 13.1 Å². The molecule has 0 aromatic carbocycles. The summed E-state index contributed by atoms with van der Waals surface area (Å²) in [5, 5.41) is 66.4. The summed E-state index contributed by atoms with van der Waals surface area (Å²) in [4.78, 5) is 146. The Morgan fingerprint density at radius 3 is 1.33 bits per heavy atom.